The van der Waals surface area contributed by atoms with Crippen LogP contribution in [0.25, 0.3) is 0 Å². The third-order valence-electron chi connectivity index (χ3n) is 2.46. The van der Waals surface area contributed by atoms with Gasteiger partial charge >= 0.3 is 0 Å². The van der Waals surface area contributed by atoms with Gasteiger partial charge in [-0.05, 0) is 42.0 Å². The molecule has 0 heterocycles. The van der Waals surface area contributed by atoms with Gasteiger partial charge in [-0.15, -0.1) is 0 Å². The highest BCUT2D eigenvalue weighted by Gasteiger charge is 2.01. The van der Waals surface area contributed by atoms with Crippen molar-refractivity contribution in [3.8, 4) is 5.75 Å². The van der Waals surface area contributed by atoms with Crippen LogP contribution in [0.1, 0.15) is 5.56 Å². The molecule has 0 aliphatic carbocycles. The van der Waals surface area contributed by atoms with E-state index in [9.17, 15) is 4.79 Å². The number of rotatable bonds is 5. The number of hydrogen-bond acceptors (Lipinski definition) is 3. The molecule has 21 heavy (non-hydrogen) atoms. The summed E-state index contributed by atoms with van der Waals surface area (Å²) in [6, 6.07) is 13.8. The number of nitrogens with zero attached hydrogens (tertiary/aromatic N) is 1. The Hall–Kier alpha value is -2.04. The van der Waals surface area contributed by atoms with Crippen molar-refractivity contribution in [2.75, 3.05) is 6.61 Å². The van der Waals surface area contributed by atoms with Gasteiger partial charge in [0.2, 0.25) is 0 Å². The zero-order valence-electron chi connectivity index (χ0n) is 10.9. The number of hydrogen-bond donors (Lipinski definition) is 1. The highest BCUT2D eigenvalue weighted by molar-refractivity contribution is 6.30. The Morgan fingerprint density at radius 3 is 2.24 bits per heavy atom. The van der Waals surface area contributed by atoms with Gasteiger partial charge in [-0.3, -0.25) is 4.79 Å². The van der Waals surface area contributed by atoms with Crippen LogP contribution in [0, 0.1) is 0 Å². The summed E-state index contributed by atoms with van der Waals surface area (Å²) in [5, 5.41) is 5.09. The zero-order chi connectivity index (χ0) is 15.1. The Morgan fingerprint density at radius 2 is 1.62 bits per heavy atom. The van der Waals surface area contributed by atoms with E-state index in [1.54, 1.807) is 48.5 Å². The summed E-state index contributed by atoms with van der Waals surface area (Å²) >= 11 is 11.5. The summed E-state index contributed by atoms with van der Waals surface area (Å²) in [6.07, 6.45) is 1.52. The smallest absolute Gasteiger partial charge is 0.277 e. The van der Waals surface area contributed by atoms with Crippen molar-refractivity contribution in [1.29, 1.82) is 0 Å². The van der Waals surface area contributed by atoms with Crippen LogP contribution in [0.15, 0.2) is 53.6 Å². The Morgan fingerprint density at radius 1 is 1.05 bits per heavy atom. The lowest BCUT2D eigenvalue weighted by molar-refractivity contribution is -0.123. The Bertz CT molecular complexity index is 625. The Kier molecular flexibility index (Phi) is 5.60. The number of amides is 1. The molecule has 1 N–H and O–H groups in total. The normalized spacial score (nSPS) is 10.6. The lowest BCUT2D eigenvalue weighted by Gasteiger charge is -2.04. The Balaban J connectivity index is 1.77. The molecule has 0 radical (unpaired) electrons. The summed E-state index contributed by atoms with van der Waals surface area (Å²) in [4.78, 5) is 11.5. The summed E-state index contributed by atoms with van der Waals surface area (Å²) in [5.74, 6) is 0.214. The third-order valence-corrected chi connectivity index (χ3v) is 2.96. The summed E-state index contributed by atoms with van der Waals surface area (Å²) < 4.78 is 5.28. The molecular weight excluding hydrogens is 311 g/mol. The predicted molar refractivity (Wildman–Crippen MR) is 84.1 cm³/mol. The van der Waals surface area contributed by atoms with Crippen LogP contribution in [0.3, 0.4) is 0 Å². The second-order valence-electron chi connectivity index (χ2n) is 4.09. The van der Waals surface area contributed by atoms with Gasteiger partial charge in [-0.25, -0.2) is 5.43 Å². The predicted octanol–water partition coefficient (Wildman–Crippen LogP) is 3.52. The maximum atomic E-state index is 11.5. The maximum absolute atomic E-state index is 11.5. The molecule has 0 atom stereocenters. The number of nitrogens with one attached hydrogen (secondary N) is 1. The van der Waals surface area contributed by atoms with E-state index in [-0.39, 0.29) is 12.5 Å². The molecule has 0 saturated carbocycles. The van der Waals surface area contributed by atoms with Crippen LogP contribution in [0.2, 0.25) is 10.0 Å². The van der Waals surface area contributed by atoms with Gasteiger partial charge in [0.15, 0.2) is 6.61 Å². The van der Waals surface area contributed by atoms with E-state index in [4.69, 9.17) is 27.9 Å². The first kappa shape index (κ1) is 15.4. The Labute approximate surface area is 132 Å². The molecule has 1 amide bonds. The van der Waals surface area contributed by atoms with Crippen molar-refractivity contribution in [3.63, 3.8) is 0 Å². The van der Waals surface area contributed by atoms with Crippen molar-refractivity contribution in [2.24, 2.45) is 5.10 Å². The minimum absolute atomic E-state index is 0.125. The molecule has 0 spiro atoms. The van der Waals surface area contributed by atoms with Gasteiger partial charge in [-0.2, -0.15) is 5.10 Å². The molecule has 0 saturated heterocycles. The van der Waals surface area contributed by atoms with Crippen molar-refractivity contribution in [2.45, 2.75) is 0 Å². The van der Waals surface area contributed by atoms with Crippen LogP contribution in [0.5, 0.6) is 5.75 Å². The first-order valence-corrected chi connectivity index (χ1v) is 6.85. The number of carbonyl (C=O) groups excluding carboxylic acids is 1. The number of carbonyl (C=O) groups is 1. The zero-order valence-corrected chi connectivity index (χ0v) is 12.4. The topological polar surface area (TPSA) is 50.7 Å². The fourth-order valence-electron chi connectivity index (χ4n) is 1.44. The van der Waals surface area contributed by atoms with Gasteiger partial charge in [0.05, 0.1) is 6.21 Å². The minimum atomic E-state index is -0.352. The molecule has 0 bridgehead atoms. The molecule has 2 aromatic rings. The van der Waals surface area contributed by atoms with Crippen molar-refractivity contribution >= 4 is 35.3 Å². The van der Waals surface area contributed by atoms with E-state index in [0.717, 1.165) is 5.56 Å². The quantitative estimate of drug-likeness (QED) is 0.676. The highest BCUT2D eigenvalue weighted by Crippen LogP contribution is 2.15. The lowest BCUT2D eigenvalue weighted by Crippen LogP contribution is -2.24. The average molecular weight is 323 g/mol. The standard InChI is InChI=1S/C15H12Cl2N2O2/c16-12-3-1-11(2-4-12)9-18-19-15(20)10-21-14-7-5-13(17)6-8-14/h1-9H,10H2,(H,19,20). The van der Waals surface area contributed by atoms with E-state index in [2.05, 4.69) is 10.5 Å². The van der Waals surface area contributed by atoms with Gasteiger partial charge < -0.3 is 4.74 Å². The number of ether oxygens (including phenoxy) is 1. The molecule has 6 heteroatoms. The van der Waals surface area contributed by atoms with Gasteiger partial charge in [-0.1, -0.05) is 35.3 Å². The largest absolute Gasteiger partial charge is 0.484 e. The van der Waals surface area contributed by atoms with E-state index in [0.29, 0.717) is 15.8 Å². The molecule has 0 aliphatic heterocycles. The SMILES string of the molecule is O=C(COc1ccc(Cl)cc1)NN=Cc1ccc(Cl)cc1. The van der Waals surface area contributed by atoms with Gasteiger partial charge in [0, 0.05) is 10.0 Å². The first-order chi connectivity index (χ1) is 10.1. The average Bonchev–Trinajstić information content (AvgIpc) is 2.49. The first-order valence-electron chi connectivity index (χ1n) is 6.09. The van der Waals surface area contributed by atoms with Crippen molar-refractivity contribution in [3.05, 3.63) is 64.1 Å². The molecule has 2 rings (SSSR count). The fourth-order valence-corrected chi connectivity index (χ4v) is 1.69. The van der Waals surface area contributed by atoms with Crippen LogP contribution < -0.4 is 10.2 Å². The van der Waals surface area contributed by atoms with E-state index < -0.39 is 0 Å². The molecule has 0 aromatic heterocycles. The molecule has 0 unspecified atom stereocenters. The molecule has 108 valence electrons. The van der Waals surface area contributed by atoms with Crippen LogP contribution >= 0.6 is 23.2 Å². The van der Waals surface area contributed by atoms with Crippen LogP contribution in [-0.2, 0) is 4.79 Å². The highest BCUT2D eigenvalue weighted by atomic mass is 35.5. The van der Waals surface area contributed by atoms with E-state index in [1.807, 2.05) is 0 Å². The van der Waals surface area contributed by atoms with Gasteiger partial charge in [0.1, 0.15) is 5.75 Å². The molecular formula is C15H12Cl2N2O2. The third kappa shape index (κ3) is 5.45. The van der Waals surface area contributed by atoms with Crippen molar-refractivity contribution in [1.82, 2.24) is 5.43 Å². The lowest BCUT2D eigenvalue weighted by atomic mass is 10.2. The second-order valence-corrected chi connectivity index (χ2v) is 4.96. The van der Waals surface area contributed by atoms with Crippen LogP contribution in [-0.4, -0.2) is 18.7 Å². The summed E-state index contributed by atoms with van der Waals surface area (Å²) in [5.41, 5.74) is 3.21. The fraction of sp³-hybridized carbons (Fsp3) is 0.0667. The van der Waals surface area contributed by atoms with E-state index >= 15 is 0 Å². The summed E-state index contributed by atoms with van der Waals surface area (Å²) in [6.45, 7) is -0.125. The van der Waals surface area contributed by atoms with Gasteiger partial charge in [0.25, 0.3) is 5.91 Å². The van der Waals surface area contributed by atoms with Crippen molar-refractivity contribution < 1.29 is 9.53 Å². The maximum Gasteiger partial charge on any atom is 0.277 e. The number of benzene rings is 2. The number of halogens is 2. The number of hydrazone groups is 1. The minimum Gasteiger partial charge on any atom is -0.484 e. The summed E-state index contributed by atoms with van der Waals surface area (Å²) in [7, 11) is 0. The molecule has 2 aromatic carbocycles. The molecule has 0 aliphatic rings. The molecule has 4 nitrogen and oxygen atoms in total. The van der Waals surface area contributed by atoms with Crippen LogP contribution in [0.4, 0.5) is 0 Å². The second kappa shape index (κ2) is 7.67. The molecule has 0 fully saturated rings. The van der Waals surface area contributed by atoms with E-state index in [1.165, 1.54) is 6.21 Å². The monoisotopic (exact) mass is 322 g/mol.